The molecule has 0 bridgehead atoms. The second-order valence-electron chi connectivity index (χ2n) is 6.69. The summed E-state index contributed by atoms with van der Waals surface area (Å²) < 4.78 is 2.16. The quantitative estimate of drug-likeness (QED) is 0.577. The lowest BCUT2D eigenvalue weighted by molar-refractivity contribution is 0.102. The minimum atomic E-state index is 0.169. The maximum atomic E-state index is 12.7. The molecule has 2 aromatic rings. The van der Waals surface area contributed by atoms with E-state index in [1.54, 1.807) is 0 Å². The number of hydrogen-bond acceptors (Lipinski definition) is 4. The summed E-state index contributed by atoms with van der Waals surface area (Å²) in [5.41, 5.74) is 5.61. The van der Waals surface area contributed by atoms with E-state index in [9.17, 15) is 4.79 Å². The number of rotatable bonds is 6. The summed E-state index contributed by atoms with van der Waals surface area (Å²) in [6.07, 6.45) is 2.42. The first kappa shape index (κ1) is 17.2. The number of aromatic nitrogens is 3. The van der Waals surface area contributed by atoms with E-state index in [-0.39, 0.29) is 5.78 Å². The smallest absolute Gasteiger partial charge is 0.191 e. The molecule has 0 saturated heterocycles. The average molecular weight is 343 g/mol. The van der Waals surface area contributed by atoms with Crippen LogP contribution in [0.25, 0.3) is 0 Å². The Bertz CT molecular complexity index is 790. The van der Waals surface area contributed by atoms with Crippen molar-refractivity contribution in [1.82, 2.24) is 14.8 Å². The lowest BCUT2D eigenvalue weighted by Crippen LogP contribution is -2.09. The van der Waals surface area contributed by atoms with Crippen molar-refractivity contribution in [2.45, 2.75) is 65.1 Å². The van der Waals surface area contributed by atoms with Crippen molar-refractivity contribution >= 4 is 17.5 Å². The van der Waals surface area contributed by atoms with Gasteiger partial charge in [-0.05, 0) is 75.8 Å². The van der Waals surface area contributed by atoms with Gasteiger partial charge in [-0.25, -0.2) is 0 Å². The van der Waals surface area contributed by atoms with E-state index in [1.165, 1.54) is 41.3 Å². The fourth-order valence-corrected chi connectivity index (χ4v) is 3.95. The summed E-state index contributed by atoms with van der Waals surface area (Å²) >= 11 is 1.51. The molecule has 1 aromatic heterocycles. The molecule has 0 spiro atoms. The van der Waals surface area contributed by atoms with Crippen LogP contribution in [0.1, 0.15) is 64.1 Å². The Morgan fingerprint density at radius 2 is 1.88 bits per heavy atom. The predicted octanol–water partition coefficient (Wildman–Crippen LogP) is 4.38. The number of carbonyl (C=O) groups excluding carboxylic acids is 1. The highest BCUT2D eigenvalue weighted by atomic mass is 32.2. The zero-order chi connectivity index (χ0) is 17.4. The number of Topliss-reactive ketones (excluding diaryl/α,β-unsaturated/α-hetero) is 1. The number of carbonyl (C=O) groups is 1. The standard InChI is InChI=1S/C19H25N3OS/c1-6-22-18(15-7-8-15)20-21-19(22)24-10-17(23)16-9-11(2)12(3)13(4)14(16)5/h9,15H,6-8,10H2,1-5H3. The van der Waals surface area contributed by atoms with Crippen LogP contribution < -0.4 is 0 Å². The van der Waals surface area contributed by atoms with Gasteiger partial charge in [-0.3, -0.25) is 4.79 Å². The molecule has 3 rings (SSSR count). The van der Waals surface area contributed by atoms with Crippen molar-refractivity contribution in [3.63, 3.8) is 0 Å². The van der Waals surface area contributed by atoms with Crippen molar-refractivity contribution in [2.24, 2.45) is 0 Å². The van der Waals surface area contributed by atoms with Crippen LogP contribution in [0, 0.1) is 27.7 Å². The molecule has 128 valence electrons. The van der Waals surface area contributed by atoms with Crippen LogP contribution in [0.3, 0.4) is 0 Å². The van der Waals surface area contributed by atoms with Crippen molar-refractivity contribution in [3.8, 4) is 0 Å². The fourth-order valence-electron chi connectivity index (χ4n) is 3.06. The van der Waals surface area contributed by atoms with E-state index in [0.29, 0.717) is 11.7 Å². The monoisotopic (exact) mass is 343 g/mol. The fraction of sp³-hybridized carbons (Fsp3) is 0.526. The maximum absolute atomic E-state index is 12.7. The lowest BCUT2D eigenvalue weighted by Gasteiger charge is -2.13. The van der Waals surface area contributed by atoms with E-state index in [0.717, 1.165) is 28.7 Å². The Balaban J connectivity index is 1.77. The molecule has 5 heteroatoms. The SMILES string of the molecule is CCn1c(SCC(=O)c2cc(C)c(C)c(C)c2C)nnc1C1CC1. The first-order valence-electron chi connectivity index (χ1n) is 8.60. The Kier molecular flexibility index (Phi) is 4.81. The summed E-state index contributed by atoms with van der Waals surface area (Å²) in [4.78, 5) is 12.7. The van der Waals surface area contributed by atoms with Crippen LogP contribution in [-0.4, -0.2) is 26.3 Å². The van der Waals surface area contributed by atoms with Gasteiger partial charge in [0.15, 0.2) is 10.9 Å². The zero-order valence-electron chi connectivity index (χ0n) is 15.1. The molecule has 0 amide bonds. The van der Waals surface area contributed by atoms with Gasteiger partial charge < -0.3 is 4.57 Å². The molecule has 0 atom stereocenters. The summed E-state index contributed by atoms with van der Waals surface area (Å²) in [6.45, 7) is 11.3. The molecule has 0 N–H and O–H groups in total. The molecule has 4 nitrogen and oxygen atoms in total. The number of hydrogen-bond donors (Lipinski definition) is 0. The van der Waals surface area contributed by atoms with Crippen LogP contribution in [0.5, 0.6) is 0 Å². The molecule has 0 unspecified atom stereocenters. The summed E-state index contributed by atoms with van der Waals surface area (Å²) in [5.74, 6) is 2.24. The topological polar surface area (TPSA) is 47.8 Å². The first-order chi connectivity index (χ1) is 11.4. The second kappa shape index (κ2) is 6.71. The third kappa shape index (κ3) is 3.14. The van der Waals surface area contributed by atoms with Crippen molar-refractivity contribution in [1.29, 1.82) is 0 Å². The van der Waals surface area contributed by atoms with Crippen LogP contribution in [0.15, 0.2) is 11.2 Å². The summed E-state index contributed by atoms with van der Waals surface area (Å²) in [7, 11) is 0. The van der Waals surface area contributed by atoms with Gasteiger partial charge in [0.25, 0.3) is 0 Å². The van der Waals surface area contributed by atoms with Gasteiger partial charge in [-0.15, -0.1) is 10.2 Å². The number of thioether (sulfide) groups is 1. The van der Waals surface area contributed by atoms with Gasteiger partial charge in [0.05, 0.1) is 5.75 Å². The van der Waals surface area contributed by atoms with Gasteiger partial charge in [-0.2, -0.15) is 0 Å². The highest BCUT2D eigenvalue weighted by Gasteiger charge is 2.30. The largest absolute Gasteiger partial charge is 0.306 e. The Hall–Kier alpha value is -1.62. The van der Waals surface area contributed by atoms with Crippen LogP contribution in [0.2, 0.25) is 0 Å². The van der Waals surface area contributed by atoms with Gasteiger partial charge in [0, 0.05) is 18.0 Å². The molecule has 1 aromatic carbocycles. The van der Waals surface area contributed by atoms with Crippen molar-refractivity contribution < 1.29 is 4.79 Å². The maximum Gasteiger partial charge on any atom is 0.191 e. The van der Waals surface area contributed by atoms with Gasteiger partial charge >= 0.3 is 0 Å². The molecular formula is C19H25N3OS. The Morgan fingerprint density at radius 3 is 2.50 bits per heavy atom. The molecule has 0 radical (unpaired) electrons. The van der Waals surface area contributed by atoms with E-state index in [2.05, 4.69) is 42.5 Å². The highest BCUT2D eigenvalue weighted by Crippen LogP contribution is 2.40. The van der Waals surface area contributed by atoms with Crippen LogP contribution in [0.4, 0.5) is 0 Å². The molecule has 1 aliphatic carbocycles. The number of aryl methyl sites for hydroxylation is 1. The van der Waals surface area contributed by atoms with Gasteiger partial charge in [-0.1, -0.05) is 11.8 Å². The van der Waals surface area contributed by atoms with E-state index >= 15 is 0 Å². The molecule has 24 heavy (non-hydrogen) atoms. The Labute approximate surface area is 148 Å². The molecular weight excluding hydrogens is 318 g/mol. The number of nitrogens with zero attached hydrogens (tertiary/aromatic N) is 3. The van der Waals surface area contributed by atoms with E-state index in [4.69, 9.17) is 0 Å². The number of ketones is 1. The number of benzene rings is 1. The lowest BCUT2D eigenvalue weighted by atomic mass is 9.93. The normalized spacial score (nSPS) is 14.2. The molecule has 1 fully saturated rings. The van der Waals surface area contributed by atoms with Crippen molar-refractivity contribution in [2.75, 3.05) is 5.75 Å². The average Bonchev–Trinajstić information content (AvgIpc) is 3.33. The third-order valence-corrected chi connectivity index (χ3v) is 6.09. The Morgan fingerprint density at radius 1 is 1.17 bits per heavy atom. The van der Waals surface area contributed by atoms with Crippen LogP contribution in [-0.2, 0) is 6.54 Å². The zero-order valence-corrected chi connectivity index (χ0v) is 16.0. The van der Waals surface area contributed by atoms with E-state index < -0.39 is 0 Å². The van der Waals surface area contributed by atoms with E-state index in [1.807, 2.05) is 13.0 Å². The third-order valence-electron chi connectivity index (χ3n) is 5.12. The minimum absolute atomic E-state index is 0.169. The first-order valence-corrected chi connectivity index (χ1v) is 9.59. The second-order valence-corrected chi connectivity index (χ2v) is 7.63. The van der Waals surface area contributed by atoms with Crippen molar-refractivity contribution in [3.05, 3.63) is 39.7 Å². The summed E-state index contributed by atoms with van der Waals surface area (Å²) in [5, 5.41) is 9.51. The molecule has 1 saturated carbocycles. The molecule has 1 heterocycles. The molecule has 0 aliphatic heterocycles. The summed E-state index contributed by atoms with van der Waals surface area (Å²) in [6, 6.07) is 2.03. The predicted molar refractivity (Wildman–Crippen MR) is 98.1 cm³/mol. The molecule has 1 aliphatic rings. The van der Waals surface area contributed by atoms with Crippen LogP contribution >= 0.6 is 11.8 Å². The van der Waals surface area contributed by atoms with Gasteiger partial charge in [0.1, 0.15) is 5.82 Å². The highest BCUT2D eigenvalue weighted by molar-refractivity contribution is 7.99. The minimum Gasteiger partial charge on any atom is -0.306 e. The van der Waals surface area contributed by atoms with Gasteiger partial charge in [0.2, 0.25) is 0 Å².